The van der Waals surface area contributed by atoms with Crippen molar-refractivity contribution >= 4 is 22.5 Å². The summed E-state index contributed by atoms with van der Waals surface area (Å²) in [7, 11) is 0. The average Bonchev–Trinajstić information content (AvgIpc) is 2.71. The van der Waals surface area contributed by atoms with Gasteiger partial charge in [-0.1, -0.05) is 30.3 Å². The van der Waals surface area contributed by atoms with Gasteiger partial charge >= 0.3 is 5.97 Å². The van der Waals surface area contributed by atoms with Gasteiger partial charge < -0.3 is 5.11 Å². The lowest BCUT2D eigenvalue weighted by Gasteiger charge is -2.26. The number of rotatable bonds is 3. The Morgan fingerprint density at radius 2 is 1.33 bits per heavy atom. The molecule has 27 heavy (non-hydrogen) atoms. The van der Waals surface area contributed by atoms with Crippen LogP contribution in [-0.2, 0) is 25.7 Å². The third-order valence-electron chi connectivity index (χ3n) is 6.06. The van der Waals surface area contributed by atoms with E-state index in [-0.39, 0.29) is 16.9 Å². The number of aromatic carboxylic acids is 1. The minimum atomic E-state index is -1.06. The van der Waals surface area contributed by atoms with Gasteiger partial charge in [-0.05, 0) is 83.7 Å². The molecule has 2 aliphatic rings. The van der Waals surface area contributed by atoms with Crippen LogP contribution in [0.2, 0.25) is 0 Å². The monoisotopic (exact) mass is 356 g/mol. The fourth-order valence-electron chi connectivity index (χ4n) is 4.88. The molecule has 3 heteroatoms. The van der Waals surface area contributed by atoms with Gasteiger partial charge in [0.2, 0.25) is 0 Å². The molecule has 0 unspecified atom stereocenters. The largest absolute Gasteiger partial charge is 0.478 e. The van der Waals surface area contributed by atoms with E-state index in [4.69, 9.17) is 0 Å². The number of ketones is 1. The van der Waals surface area contributed by atoms with Crippen LogP contribution in [0.4, 0.5) is 0 Å². The van der Waals surface area contributed by atoms with Crippen LogP contribution in [0.15, 0.2) is 42.5 Å². The fraction of sp³-hybridized carbons (Fsp3) is 0.250. The Kier molecular flexibility index (Phi) is 3.64. The summed E-state index contributed by atoms with van der Waals surface area (Å²) in [6.07, 6.45) is 6.13. The van der Waals surface area contributed by atoms with E-state index >= 15 is 0 Å². The third-order valence-corrected chi connectivity index (χ3v) is 6.06. The zero-order valence-corrected chi connectivity index (χ0v) is 15.0. The highest BCUT2D eigenvalue weighted by molar-refractivity contribution is 6.17. The lowest BCUT2D eigenvalue weighted by Crippen LogP contribution is -2.16. The summed E-state index contributed by atoms with van der Waals surface area (Å²) < 4.78 is 0. The molecule has 2 aliphatic carbocycles. The molecular formula is C24H20O3. The molecule has 0 heterocycles. The molecule has 0 aromatic heterocycles. The Morgan fingerprint density at radius 1 is 0.704 bits per heavy atom. The summed E-state index contributed by atoms with van der Waals surface area (Å²) >= 11 is 0. The van der Waals surface area contributed by atoms with E-state index < -0.39 is 5.97 Å². The van der Waals surface area contributed by atoms with Crippen LogP contribution >= 0.6 is 0 Å². The first-order chi connectivity index (χ1) is 13.1. The molecule has 3 aromatic rings. The standard InChI is InChI=1S/C24H20O3/c25-23(18-8-1-2-9-19(18)24(26)27)20-13-16-7-3-5-14-11-12-15-6-4-10-17(20)22(15)21(14)16/h1-2,8-9,11-13H,3-7,10H2,(H,26,27). The fourth-order valence-corrected chi connectivity index (χ4v) is 4.88. The van der Waals surface area contributed by atoms with Gasteiger partial charge in [0.25, 0.3) is 0 Å². The van der Waals surface area contributed by atoms with Crippen LogP contribution in [0.25, 0.3) is 10.8 Å². The molecule has 0 spiro atoms. The van der Waals surface area contributed by atoms with Crippen LogP contribution in [0, 0.1) is 0 Å². The average molecular weight is 356 g/mol. The number of aryl methyl sites for hydroxylation is 4. The molecule has 3 nitrogen and oxygen atoms in total. The lowest BCUT2D eigenvalue weighted by atomic mass is 9.77. The van der Waals surface area contributed by atoms with Gasteiger partial charge in [-0.25, -0.2) is 4.79 Å². The SMILES string of the molecule is O=C(O)c1ccccc1C(=O)c1cc2c3c(ccc4c3c1CCC4)CCC2. The number of carboxylic acid groups (broad SMARTS) is 1. The number of carboxylic acids is 1. The smallest absolute Gasteiger partial charge is 0.336 e. The van der Waals surface area contributed by atoms with Crippen molar-refractivity contribution < 1.29 is 14.7 Å². The zero-order chi connectivity index (χ0) is 18.5. The second kappa shape index (κ2) is 6.05. The van der Waals surface area contributed by atoms with Crippen molar-refractivity contribution in [1.82, 2.24) is 0 Å². The van der Waals surface area contributed by atoms with E-state index in [0.717, 1.165) is 44.1 Å². The number of benzene rings is 3. The molecule has 0 aliphatic heterocycles. The van der Waals surface area contributed by atoms with Crippen molar-refractivity contribution in [3.63, 3.8) is 0 Å². The van der Waals surface area contributed by atoms with Crippen molar-refractivity contribution in [2.24, 2.45) is 0 Å². The van der Waals surface area contributed by atoms with Gasteiger partial charge in [0.1, 0.15) is 0 Å². The second-order valence-electron chi connectivity index (χ2n) is 7.58. The summed E-state index contributed by atoms with van der Waals surface area (Å²) in [6, 6.07) is 13.1. The zero-order valence-electron chi connectivity index (χ0n) is 15.0. The van der Waals surface area contributed by atoms with Crippen LogP contribution in [0.3, 0.4) is 0 Å². The van der Waals surface area contributed by atoms with Crippen molar-refractivity contribution in [3.8, 4) is 0 Å². The van der Waals surface area contributed by atoms with Crippen molar-refractivity contribution in [2.45, 2.75) is 38.5 Å². The maximum atomic E-state index is 13.4. The van der Waals surface area contributed by atoms with E-state index in [1.54, 1.807) is 18.2 Å². The molecule has 3 aromatic carbocycles. The van der Waals surface area contributed by atoms with Crippen LogP contribution in [0.1, 0.15) is 61.4 Å². The summed E-state index contributed by atoms with van der Waals surface area (Å²) in [6.45, 7) is 0. The number of hydrogen-bond acceptors (Lipinski definition) is 2. The van der Waals surface area contributed by atoms with Crippen LogP contribution < -0.4 is 0 Å². The normalized spacial score (nSPS) is 15.0. The van der Waals surface area contributed by atoms with Crippen molar-refractivity contribution in [3.05, 3.63) is 81.4 Å². The van der Waals surface area contributed by atoms with E-state index in [2.05, 4.69) is 18.2 Å². The lowest BCUT2D eigenvalue weighted by molar-refractivity contribution is 0.0693. The summed E-state index contributed by atoms with van der Waals surface area (Å²) in [4.78, 5) is 25.1. The Balaban J connectivity index is 1.80. The van der Waals surface area contributed by atoms with Gasteiger partial charge in [0.05, 0.1) is 5.56 Å². The molecule has 0 fully saturated rings. The highest BCUT2D eigenvalue weighted by Gasteiger charge is 2.27. The highest BCUT2D eigenvalue weighted by atomic mass is 16.4. The second-order valence-corrected chi connectivity index (χ2v) is 7.58. The first kappa shape index (κ1) is 16.2. The van der Waals surface area contributed by atoms with Crippen LogP contribution in [-0.4, -0.2) is 16.9 Å². The predicted molar refractivity (Wildman–Crippen MR) is 105 cm³/mol. The molecular weight excluding hydrogens is 336 g/mol. The molecule has 134 valence electrons. The summed E-state index contributed by atoms with van der Waals surface area (Å²) in [5.41, 5.74) is 6.15. The third kappa shape index (κ3) is 2.42. The van der Waals surface area contributed by atoms with Crippen molar-refractivity contribution in [1.29, 1.82) is 0 Å². The molecule has 0 amide bonds. The minimum absolute atomic E-state index is 0.0771. The van der Waals surface area contributed by atoms with E-state index in [9.17, 15) is 14.7 Å². The molecule has 1 N–H and O–H groups in total. The van der Waals surface area contributed by atoms with E-state index in [1.165, 1.54) is 33.5 Å². The molecule has 5 rings (SSSR count). The first-order valence-corrected chi connectivity index (χ1v) is 9.61. The van der Waals surface area contributed by atoms with Gasteiger partial charge in [0.15, 0.2) is 5.78 Å². The predicted octanol–water partition coefficient (Wildman–Crippen LogP) is 4.75. The summed E-state index contributed by atoms with van der Waals surface area (Å²) in [5.74, 6) is -1.22. The van der Waals surface area contributed by atoms with Gasteiger partial charge in [0, 0.05) is 11.1 Å². The molecule has 0 bridgehead atoms. The Hall–Kier alpha value is -2.94. The Labute approximate surface area is 157 Å². The van der Waals surface area contributed by atoms with E-state index in [1.807, 2.05) is 0 Å². The molecule has 0 saturated carbocycles. The van der Waals surface area contributed by atoms with Gasteiger partial charge in [-0.15, -0.1) is 0 Å². The van der Waals surface area contributed by atoms with Crippen molar-refractivity contribution in [2.75, 3.05) is 0 Å². The number of carbonyl (C=O) groups is 2. The highest BCUT2D eigenvalue weighted by Crippen LogP contribution is 2.40. The van der Waals surface area contributed by atoms with Crippen LogP contribution in [0.5, 0.6) is 0 Å². The molecule has 0 saturated heterocycles. The maximum absolute atomic E-state index is 13.4. The minimum Gasteiger partial charge on any atom is -0.478 e. The Bertz CT molecular complexity index is 1120. The number of hydrogen-bond donors (Lipinski definition) is 1. The Morgan fingerprint density at radius 3 is 2.07 bits per heavy atom. The number of carbonyl (C=O) groups excluding carboxylic acids is 1. The molecule has 0 radical (unpaired) electrons. The maximum Gasteiger partial charge on any atom is 0.336 e. The molecule has 0 atom stereocenters. The summed E-state index contributed by atoms with van der Waals surface area (Å²) in [5, 5.41) is 12.1. The topological polar surface area (TPSA) is 54.4 Å². The quantitative estimate of drug-likeness (QED) is 0.689. The first-order valence-electron chi connectivity index (χ1n) is 9.61. The van der Waals surface area contributed by atoms with Gasteiger partial charge in [-0.2, -0.15) is 0 Å². The van der Waals surface area contributed by atoms with E-state index in [0.29, 0.717) is 5.56 Å². The van der Waals surface area contributed by atoms with Gasteiger partial charge in [-0.3, -0.25) is 4.79 Å².